The molecule has 1 aliphatic rings. The number of rotatable bonds is 2. The first-order valence-electron chi connectivity index (χ1n) is 5.51. The van der Waals surface area contributed by atoms with Crippen molar-refractivity contribution in [1.82, 2.24) is 0 Å². The summed E-state index contributed by atoms with van der Waals surface area (Å²) in [4.78, 5) is 11.8. The molecule has 0 saturated carbocycles. The number of nitro groups is 1. The van der Waals surface area contributed by atoms with Crippen molar-refractivity contribution in [2.24, 2.45) is 0 Å². The van der Waals surface area contributed by atoms with Crippen molar-refractivity contribution in [1.29, 1.82) is 0 Å². The summed E-state index contributed by atoms with van der Waals surface area (Å²) < 4.78 is 0. The smallest absolute Gasteiger partial charge is 0.275 e. The van der Waals surface area contributed by atoms with E-state index in [0.29, 0.717) is 5.56 Å². The SMILES string of the molecule is O=[N+]([O-])c1ccccc1C1Nc2ccccc2S1. The van der Waals surface area contributed by atoms with Crippen LogP contribution >= 0.6 is 11.8 Å². The fourth-order valence-electron chi connectivity index (χ4n) is 2.00. The third-order valence-electron chi connectivity index (χ3n) is 2.83. The molecule has 0 aromatic heterocycles. The predicted octanol–water partition coefficient (Wildman–Crippen LogP) is 3.81. The molecule has 0 aliphatic carbocycles. The Morgan fingerprint density at radius 1 is 1.11 bits per heavy atom. The Kier molecular flexibility index (Phi) is 2.68. The van der Waals surface area contributed by atoms with E-state index >= 15 is 0 Å². The lowest BCUT2D eigenvalue weighted by atomic mass is 10.1. The molecule has 1 atom stereocenters. The number of hydrogen-bond donors (Lipinski definition) is 1. The highest BCUT2D eigenvalue weighted by Gasteiger charge is 2.27. The third-order valence-corrected chi connectivity index (χ3v) is 4.05. The monoisotopic (exact) mass is 258 g/mol. The lowest BCUT2D eigenvalue weighted by molar-refractivity contribution is -0.385. The Bertz CT molecular complexity index is 590. The topological polar surface area (TPSA) is 55.2 Å². The van der Waals surface area contributed by atoms with Crippen LogP contribution in [0, 0.1) is 10.1 Å². The number of fused-ring (bicyclic) bond motifs is 1. The molecular formula is C13H10N2O2S. The van der Waals surface area contributed by atoms with Crippen LogP contribution in [0.4, 0.5) is 11.4 Å². The second kappa shape index (κ2) is 4.34. The van der Waals surface area contributed by atoms with Crippen LogP contribution in [0.1, 0.15) is 10.9 Å². The molecule has 4 nitrogen and oxygen atoms in total. The molecule has 90 valence electrons. The zero-order valence-corrected chi connectivity index (χ0v) is 10.2. The first kappa shape index (κ1) is 11.1. The molecule has 0 spiro atoms. The van der Waals surface area contributed by atoms with E-state index in [4.69, 9.17) is 0 Å². The fourth-order valence-corrected chi connectivity index (χ4v) is 3.18. The fraction of sp³-hybridized carbons (Fsp3) is 0.0769. The molecule has 0 amide bonds. The Labute approximate surface area is 108 Å². The summed E-state index contributed by atoms with van der Waals surface area (Å²) in [5.41, 5.74) is 1.91. The minimum absolute atomic E-state index is 0.0935. The standard InChI is InChI=1S/C13H10N2O2S/c16-15(17)11-7-3-1-5-9(11)13-14-10-6-2-4-8-12(10)18-13/h1-8,13-14H. The highest BCUT2D eigenvalue weighted by Crippen LogP contribution is 2.47. The van der Waals surface area contributed by atoms with Crippen molar-refractivity contribution in [3.8, 4) is 0 Å². The molecule has 0 radical (unpaired) electrons. The second-order valence-corrected chi connectivity index (χ2v) is 5.10. The Balaban J connectivity index is 1.98. The summed E-state index contributed by atoms with van der Waals surface area (Å²) in [5.74, 6) is 0. The Hall–Kier alpha value is -2.01. The van der Waals surface area contributed by atoms with Crippen LogP contribution in [0.15, 0.2) is 53.4 Å². The summed E-state index contributed by atoms with van der Waals surface area (Å²) in [5, 5.41) is 14.2. The van der Waals surface area contributed by atoms with Crippen LogP contribution in [-0.2, 0) is 0 Å². The molecular weight excluding hydrogens is 248 g/mol. The van der Waals surface area contributed by atoms with Crippen molar-refractivity contribution in [2.45, 2.75) is 10.3 Å². The molecule has 18 heavy (non-hydrogen) atoms. The maximum absolute atomic E-state index is 11.0. The van der Waals surface area contributed by atoms with Gasteiger partial charge >= 0.3 is 0 Å². The highest BCUT2D eigenvalue weighted by atomic mass is 32.2. The average molecular weight is 258 g/mol. The van der Waals surface area contributed by atoms with Gasteiger partial charge in [-0.25, -0.2) is 0 Å². The zero-order chi connectivity index (χ0) is 12.5. The number of hydrogen-bond acceptors (Lipinski definition) is 4. The first-order chi connectivity index (χ1) is 8.75. The van der Waals surface area contributed by atoms with E-state index < -0.39 is 0 Å². The van der Waals surface area contributed by atoms with Gasteiger partial charge < -0.3 is 5.32 Å². The molecule has 2 aromatic rings. The summed E-state index contributed by atoms with van der Waals surface area (Å²) in [6.07, 6.45) is 0. The third kappa shape index (κ3) is 1.82. The minimum Gasteiger partial charge on any atom is -0.368 e. The van der Waals surface area contributed by atoms with Gasteiger partial charge in [-0.15, -0.1) is 0 Å². The normalized spacial score (nSPS) is 17.0. The number of nitrogens with zero attached hydrogens (tertiary/aromatic N) is 1. The van der Waals surface area contributed by atoms with Gasteiger partial charge in [-0.05, 0) is 18.2 Å². The minimum atomic E-state index is -0.333. The van der Waals surface area contributed by atoms with E-state index in [2.05, 4.69) is 5.32 Å². The maximum atomic E-state index is 11.0. The van der Waals surface area contributed by atoms with E-state index in [-0.39, 0.29) is 16.0 Å². The van der Waals surface area contributed by atoms with Gasteiger partial charge in [0.25, 0.3) is 5.69 Å². The lowest BCUT2D eigenvalue weighted by Crippen LogP contribution is -2.04. The molecule has 1 unspecified atom stereocenters. The van der Waals surface area contributed by atoms with Gasteiger partial charge in [0, 0.05) is 16.6 Å². The highest BCUT2D eigenvalue weighted by molar-refractivity contribution is 8.00. The van der Waals surface area contributed by atoms with Gasteiger partial charge in [-0.3, -0.25) is 10.1 Å². The van der Waals surface area contributed by atoms with E-state index in [1.165, 1.54) is 0 Å². The van der Waals surface area contributed by atoms with Crippen molar-refractivity contribution in [2.75, 3.05) is 5.32 Å². The number of benzene rings is 2. The lowest BCUT2D eigenvalue weighted by Gasteiger charge is -2.10. The van der Waals surface area contributed by atoms with Gasteiger partial charge in [0.05, 0.1) is 10.5 Å². The van der Waals surface area contributed by atoms with E-state index in [9.17, 15) is 10.1 Å². The molecule has 2 aromatic carbocycles. The quantitative estimate of drug-likeness (QED) is 0.657. The second-order valence-electron chi connectivity index (χ2n) is 3.95. The van der Waals surface area contributed by atoms with Gasteiger partial charge in [-0.2, -0.15) is 0 Å². The van der Waals surface area contributed by atoms with Gasteiger partial charge in [0.15, 0.2) is 0 Å². The van der Waals surface area contributed by atoms with Gasteiger partial charge in [-0.1, -0.05) is 36.0 Å². The van der Waals surface area contributed by atoms with E-state index in [1.807, 2.05) is 30.3 Å². The van der Waals surface area contributed by atoms with Crippen molar-refractivity contribution >= 4 is 23.1 Å². The summed E-state index contributed by atoms with van der Waals surface area (Å²) >= 11 is 1.61. The summed E-state index contributed by atoms with van der Waals surface area (Å²) in [6, 6.07) is 14.8. The summed E-state index contributed by atoms with van der Waals surface area (Å²) in [6.45, 7) is 0. The molecule has 3 rings (SSSR count). The first-order valence-corrected chi connectivity index (χ1v) is 6.39. The van der Waals surface area contributed by atoms with Crippen molar-refractivity contribution < 1.29 is 4.92 Å². The van der Waals surface area contributed by atoms with E-state index in [0.717, 1.165) is 10.6 Å². The molecule has 0 bridgehead atoms. The van der Waals surface area contributed by atoms with Crippen molar-refractivity contribution in [3.63, 3.8) is 0 Å². The number of thioether (sulfide) groups is 1. The van der Waals surface area contributed by atoms with Crippen LogP contribution in [0.3, 0.4) is 0 Å². The Morgan fingerprint density at radius 3 is 2.61 bits per heavy atom. The molecule has 5 heteroatoms. The van der Waals surface area contributed by atoms with Crippen molar-refractivity contribution in [3.05, 3.63) is 64.2 Å². The Morgan fingerprint density at radius 2 is 1.83 bits per heavy atom. The van der Waals surface area contributed by atoms with Crippen LogP contribution in [-0.4, -0.2) is 4.92 Å². The maximum Gasteiger partial charge on any atom is 0.275 e. The molecule has 0 saturated heterocycles. The molecule has 1 aliphatic heterocycles. The van der Waals surface area contributed by atoms with E-state index in [1.54, 1.807) is 30.0 Å². The van der Waals surface area contributed by atoms with Gasteiger partial charge in [0.2, 0.25) is 0 Å². The number of anilines is 1. The molecule has 0 fully saturated rings. The predicted molar refractivity (Wildman–Crippen MR) is 71.8 cm³/mol. The van der Waals surface area contributed by atoms with Crippen LogP contribution in [0.25, 0.3) is 0 Å². The van der Waals surface area contributed by atoms with Crippen LogP contribution < -0.4 is 5.32 Å². The number of nitro benzene ring substituents is 1. The zero-order valence-electron chi connectivity index (χ0n) is 9.37. The average Bonchev–Trinajstić information content (AvgIpc) is 2.82. The number of nitrogens with one attached hydrogen (secondary N) is 1. The van der Waals surface area contributed by atoms with Crippen LogP contribution in [0.5, 0.6) is 0 Å². The molecule has 1 heterocycles. The van der Waals surface area contributed by atoms with Crippen LogP contribution in [0.2, 0.25) is 0 Å². The number of para-hydroxylation sites is 2. The largest absolute Gasteiger partial charge is 0.368 e. The summed E-state index contributed by atoms with van der Waals surface area (Å²) in [7, 11) is 0. The van der Waals surface area contributed by atoms with Gasteiger partial charge in [0.1, 0.15) is 5.37 Å². The molecule has 1 N–H and O–H groups in total.